The lowest BCUT2D eigenvalue weighted by molar-refractivity contribution is 0.0275. The van der Waals surface area contributed by atoms with Crippen molar-refractivity contribution in [1.29, 1.82) is 0 Å². The number of hydrogen-bond acceptors (Lipinski definition) is 4. The zero-order valence-electron chi connectivity index (χ0n) is 22.8. The van der Waals surface area contributed by atoms with Gasteiger partial charge >= 0.3 is 0 Å². The molecule has 3 aliphatic rings. The van der Waals surface area contributed by atoms with Gasteiger partial charge in [0.05, 0.1) is 17.9 Å². The van der Waals surface area contributed by atoms with Crippen LogP contribution in [0.2, 0.25) is 0 Å². The smallest absolute Gasteiger partial charge is 0.0951 e. The third kappa shape index (κ3) is 5.28. The molecule has 1 heterocycles. The van der Waals surface area contributed by atoms with Crippen LogP contribution in [0.4, 0.5) is 0 Å². The van der Waals surface area contributed by atoms with Crippen LogP contribution in [0.5, 0.6) is 0 Å². The van der Waals surface area contributed by atoms with E-state index >= 15 is 0 Å². The molecule has 1 aromatic carbocycles. The van der Waals surface area contributed by atoms with Gasteiger partial charge in [-0.1, -0.05) is 58.7 Å². The van der Waals surface area contributed by atoms with Crippen molar-refractivity contribution >= 4 is 0 Å². The van der Waals surface area contributed by atoms with Gasteiger partial charge in [0.15, 0.2) is 0 Å². The molecule has 0 spiro atoms. The molecule has 2 fully saturated rings. The fourth-order valence-corrected chi connectivity index (χ4v) is 7.00. The second kappa shape index (κ2) is 10.2. The predicted octanol–water partition coefficient (Wildman–Crippen LogP) is 6.38. The Hall–Kier alpha value is -1.75. The van der Waals surface area contributed by atoms with E-state index in [2.05, 4.69) is 69.4 Å². The van der Waals surface area contributed by atoms with E-state index in [1.807, 2.05) is 0 Å². The highest BCUT2D eigenvalue weighted by Crippen LogP contribution is 2.46. The van der Waals surface area contributed by atoms with Gasteiger partial charge < -0.3 is 15.5 Å². The van der Waals surface area contributed by atoms with Crippen LogP contribution in [0.3, 0.4) is 0 Å². The maximum atomic E-state index is 10.2. The number of aromatic nitrogens is 1. The summed E-state index contributed by atoms with van der Waals surface area (Å²) in [6, 6.07) is 14.2. The van der Waals surface area contributed by atoms with Crippen molar-refractivity contribution in [2.45, 2.75) is 133 Å². The molecule has 5 rings (SSSR count). The molecule has 36 heavy (non-hydrogen) atoms. The first kappa shape index (κ1) is 25.9. The molecule has 0 amide bonds. The van der Waals surface area contributed by atoms with Crippen LogP contribution >= 0.6 is 0 Å². The highest BCUT2D eigenvalue weighted by molar-refractivity contribution is 5.63. The number of fused-ring (bicyclic) bond motifs is 1. The Labute approximate surface area is 217 Å². The fraction of sp³-hybridized carbons (Fsp3) is 0.656. The summed E-state index contributed by atoms with van der Waals surface area (Å²) in [4.78, 5) is 5.22. The summed E-state index contributed by atoms with van der Waals surface area (Å²) < 4.78 is 0. The average molecular weight is 491 g/mol. The number of aliphatic hydroxyl groups excluding tert-OH is 2. The Bertz CT molecular complexity index is 1050. The van der Waals surface area contributed by atoms with Crippen molar-refractivity contribution in [3.8, 4) is 11.3 Å². The fourth-order valence-electron chi connectivity index (χ4n) is 7.00. The van der Waals surface area contributed by atoms with Crippen LogP contribution in [0.25, 0.3) is 11.3 Å². The van der Waals surface area contributed by atoms with Crippen LogP contribution in [0.1, 0.15) is 115 Å². The van der Waals surface area contributed by atoms with Gasteiger partial charge in [0.1, 0.15) is 0 Å². The zero-order valence-corrected chi connectivity index (χ0v) is 22.8. The van der Waals surface area contributed by atoms with Crippen molar-refractivity contribution in [3.05, 3.63) is 53.2 Å². The first-order chi connectivity index (χ1) is 17.1. The molecular weight excluding hydrogens is 444 g/mol. The van der Waals surface area contributed by atoms with Gasteiger partial charge in [0.2, 0.25) is 0 Å². The molecule has 2 aromatic rings. The van der Waals surface area contributed by atoms with Crippen molar-refractivity contribution in [2.24, 2.45) is 0 Å². The van der Waals surface area contributed by atoms with Crippen molar-refractivity contribution < 1.29 is 10.2 Å². The van der Waals surface area contributed by atoms with Crippen molar-refractivity contribution in [1.82, 2.24) is 10.3 Å². The minimum atomic E-state index is -0.615. The molecule has 2 saturated carbocycles. The summed E-state index contributed by atoms with van der Waals surface area (Å²) in [5.41, 5.74) is 7.02. The van der Waals surface area contributed by atoms with E-state index < -0.39 is 12.2 Å². The van der Waals surface area contributed by atoms with E-state index in [-0.39, 0.29) is 16.9 Å². The van der Waals surface area contributed by atoms with Gasteiger partial charge in [-0.15, -0.1) is 0 Å². The molecule has 3 unspecified atom stereocenters. The SMILES string of the molecule is CC1(C)CCC(C)(C)c2cc(-c3cccc(C4CCCC(NC5CCC(O)C5O)CCC4)n3)ccc21. The molecule has 4 nitrogen and oxygen atoms in total. The summed E-state index contributed by atoms with van der Waals surface area (Å²) in [6.45, 7) is 9.54. The van der Waals surface area contributed by atoms with Crippen molar-refractivity contribution in [2.75, 3.05) is 0 Å². The van der Waals surface area contributed by atoms with E-state index in [1.165, 1.54) is 48.1 Å². The number of pyridine rings is 1. The molecule has 0 saturated heterocycles. The Balaban J connectivity index is 1.28. The number of nitrogens with zero attached hydrogens (tertiary/aromatic N) is 1. The predicted molar refractivity (Wildman–Crippen MR) is 147 cm³/mol. The first-order valence-corrected chi connectivity index (χ1v) is 14.4. The molecule has 3 atom stereocenters. The molecule has 0 radical (unpaired) electrons. The Morgan fingerprint density at radius 2 is 1.50 bits per heavy atom. The van der Waals surface area contributed by atoms with Crippen LogP contribution < -0.4 is 5.32 Å². The second-order valence-corrected chi connectivity index (χ2v) is 13.1. The van der Waals surface area contributed by atoms with Crippen LogP contribution in [0, 0.1) is 0 Å². The molecule has 1 aromatic heterocycles. The number of rotatable bonds is 4. The topological polar surface area (TPSA) is 65.4 Å². The Kier molecular flexibility index (Phi) is 7.33. The van der Waals surface area contributed by atoms with E-state index in [1.54, 1.807) is 0 Å². The molecule has 4 heteroatoms. The third-order valence-electron chi connectivity index (χ3n) is 9.58. The summed E-state index contributed by atoms with van der Waals surface area (Å²) in [7, 11) is 0. The molecule has 3 N–H and O–H groups in total. The van der Waals surface area contributed by atoms with E-state index in [0.29, 0.717) is 18.4 Å². The summed E-state index contributed by atoms with van der Waals surface area (Å²) in [6.07, 6.45) is 9.78. The van der Waals surface area contributed by atoms with Crippen LogP contribution in [-0.2, 0) is 10.8 Å². The van der Waals surface area contributed by atoms with Gasteiger partial charge in [-0.2, -0.15) is 0 Å². The lowest BCUT2D eigenvalue weighted by atomic mass is 9.63. The van der Waals surface area contributed by atoms with Gasteiger partial charge in [-0.25, -0.2) is 0 Å². The number of hydrogen-bond donors (Lipinski definition) is 3. The van der Waals surface area contributed by atoms with Gasteiger partial charge in [-0.05, 0) is 91.5 Å². The minimum Gasteiger partial charge on any atom is -0.390 e. The van der Waals surface area contributed by atoms with Gasteiger partial charge in [0, 0.05) is 29.3 Å². The van der Waals surface area contributed by atoms with Crippen LogP contribution in [-0.4, -0.2) is 39.5 Å². The Morgan fingerprint density at radius 1 is 0.806 bits per heavy atom. The van der Waals surface area contributed by atoms with Gasteiger partial charge in [0.25, 0.3) is 0 Å². The van der Waals surface area contributed by atoms with E-state index in [4.69, 9.17) is 4.98 Å². The Morgan fingerprint density at radius 3 is 2.17 bits per heavy atom. The highest BCUT2D eigenvalue weighted by atomic mass is 16.3. The van der Waals surface area contributed by atoms with Crippen molar-refractivity contribution in [3.63, 3.8) is 0 Å². The van der Waals surface area contributed by atoms with Crippen LogP contribution in [0.15, 0.2) is 36.4 Å². The number of aliphatic hydroxyl groups is 2. The van der Waals surface area contributed by atoms with Gasteiger partial charge in [-0.3, -0.25) is 4.98 Å². The molecule has 196 valence electrons. The third-order valence-corrected chi connectivity index (χ3v) is 9.58. The molecule has 0 bridgehead atoms. The normalized spacial score (nSPS) is 31.9. The summed E-state index contributed by atoms with van der Waals surface area (Å²) >= 11 is 0. The quantitative estimate of drug-likeness (QED) is 0.465. The number of benzene rings is 1. The number of nitrogens with one attached hydrogen (secondary N) is 1. The maximum absolute atomic E-state index is 10.2. The molecular formula is C32H46N2O2. The second-order valence-electron chi connectivity index (χ2n) is 13.1. The molecule has 0 aliphatic heterocycles. The highest BCUT2D eigenvalue weighted by Gasteiger charge is 2.37. The standard InChI is InChI=1S/C32H46N2O2/c1-31(2)18-19-32(3,4)25-20-22(14-15-24(25)31)27-13-7-12-26(34-27)21-8-5-10-23(11-6-9-21)33-28-16-17-29(35)30(28)36/h7,12-15,20-21,23,28-30,33,35-36H,5-6,8-11,16-19H2,1-4H3. The summed E-state index contributed by atoms with van der Waals surface area (Å²) in [5, 5.41) is 23.8. The average Bonchev–Trinajstić information content (AvgIpc) is 3.15. The van der Waals surface area contributed by atoms with E-state index in [0.717, 1.165) is 37.8 Å². The van der Waals surface area contributed by atoms with E-state index in [9.17, 15) is 10.2 Å². The lowest BCUT2D eigenvalue weighted by Gasteiger charge is -2.42. The first-order valence-electron chi connectivity index (χ1n) is 14.4. The monoisotopic (exact) mass is 490 g/mol. The minimum absolute atomic E-state index is 0.0470. The molecule has 3 aliphatic carbocycles. The summed E-state index contributed by atoms with van der Waals surface area (Å²) in [5.74, 6) is 0.512. The maximum Gasteiger partial charge on any atom is 0.0951 e. The largest absolute Gasteiger partial charge is 0.390 e. The zero-order chi connectivity index (χ0) is 25.5. The lowest BCUT2D eigenvalue weighted by Crippen LogP contribution is -2.45.